The second-order valence-corrected chi connectivity index (χ2v) is 3.59. The topological polar surface area (TPSA) is 49.6 Å². The molecule has 4 heteroatoms. The van der Waals surface area contributed by atoms with E-state index in [2.05, 4.69) is 21.4 Å². The van der Waals surface area contributed by atoms with Gasteiger partial charge in [0.1, 0.15) is 18.1 Å². The van der Waals surface area contributed by atoms with Crippen LogP contribution in [-0.2, 0) is 6.42 Å². The molecular weight excluding hydrogens is 194 g/mol. The van der Waals surface area contributed by atoms with Gasteiger partial charge >= 0.3 is 0 Å². The lowest BCUT2D eigenvalue weighted by Gasteiger charge is -1.96. The van der Waals surface area contributed by atoms with Crippen LogP contribution in [0.4, 0.5) is 0 Å². The van der Waals surface area contributed by atoms with Crippen LogP contribution in [0, 0.1) is 11.3 Å². The second-order valence-electron chi connectivity index (χ2n) is 2.81. The van der Waals surface area contributed by atoms with Crippen molar-refractivity contribution < 1.29 is 0 Å². The molecule has 0 aliphatic carbocycles. The fourth-order valence-electron chi connectivity index (χ4n) is 1.16. The van der Waals surface area contributed by atoms with Crippen LogP contribution in [0.25, 0.3) is 0 Å². The zero-order chi connectivity index (χ0) is 9.80. The molecule has 2 rings (SSSR count). The molecule has 0 fully saturated rings. The summed E-state index contributed by atoms with van der Waals surface area (Å²) in [6, 6.07) is 5.77. The van der Waals surface area contributed by atoms with Crippen molar-refractivity contribution in [1.82, 2.24) is 9.97 Å². The molecule has 0 spiro atoms. The maximum Gasteiger partial charge on any atom is 0.144 e. The maximum atomic E-state index is 8.65. The van der Waals surface area contributed by atoms with Crippen LogP contribution in [0.5, 0.6) is 0 Å². The molecule has 0 unspecified atom stereocenters. The van der Waals surface area contributed by atoms with Gasteiger partial charge in [0.25, 0.3) is 0 Å². The third-order valence-electron chi connectivity index (χ3n) is 1.80. The van der Waals surface area contributed by atoms with Crippen molar-refractivity contribution in [2.75, 3.05) is 0 Å². The van der Waals surface area contributed by atoms with E-state index in [4.69, 9.17) is 5.26 Å². The highest BCUT2D eigenvalue weighted by Gasteiger charge is 1.99. The molecule has 0 saturated heterocycles. The second kappa shape index (κ2) is 3.99. The smallest absolute Gasteiger partial charge is 0.144 e. The highest BCUT2D eigenvalue weighted by molar-refractivity contribution is 7.07. The van der Waals surface area contributed by atoms with Gasteiger partial charge in [-0.15, -0.1) is 0 Å². The van der Waals surface area contributed by atoms with Crippen LogP contribution >= 0.6 is 11.3 Å². The van der Waals surface area contributed by atoms with Gasteiger partial charge in [0.2, 0.25) is 0 Å². The highest BCUT2D eigenvalue weighted by atomic mass is 32.1. The van der Waals surface area contributed by atoms with Crippen molar-refractivity contribution in [1.29, 1.82) is 5.26 Å². The molecule has 2 aromatic rings. The summed E-state index contributed by atoms with van der Waals surface area (Å²) in [6.45, 7) is 0. The average Bonchev–Trinajstić information content (AvgIpc) is 2.71. The molecule has 2 heterocycles. The fourth-order valence-corrected chi connectivity index (χ4v) is 1.83. The third kappa shape index (κ3) is 1.95. The van der Waals surface area contributed by atoms with Crippen molar-refractivity contribution in [2.45, 2.75) is 6.42 Å². The first-order valence-electron chi connectivity index (χ1n) is 4.10. The molecule has 14 heavy (non-hydrogen) atoms. The van der Waals surface area contributed by atoms with Crippen LogP contribution < -0.4 is 0 Å². The van der Waals surface area contributed by atoms with E-state index >= 15 is 0 Å². The lowest BCUT2D eigenvalue weighted by molar-refractivity contribution is 1.02. The van der Waals surface area contributed by atoms with Gasteiger partial charge in [-0.05, 0) is 28.5 Å². The Hall–Kier alpha value is -1.73. The van der Waals surface area contributed by atoms with E-state index in [0.717, 1.165) is 12.1 Å². The molecule has 0 saturated carbocycles. The standard InChI is InChI=1S/C10H7N3S/c11-5-10-4-9(12-7-13-10)3-8-1-2-14-6-8/h1-2,4,6-7H,3H2. The lowest BCUT2D eigenvalue weighted by atomic mass is 10.2. The van der Waals surface area contributed by atoms with Crippen LogP contribution in [-0.4, -0.2) is 9.97 Å². The van der Waals surface area contributed by atoms with Crippen molar-refractivity contribution in [3.05, 3.63) is 46.2 Å². The molecule has 0 radical (unpaired) electrons. The minimum atomic E-state index is 0.422. The fraction of sp³-hybridized carbons (Fsp3) is 0.100. The van der Waals surface area contributed by atoms with Crippen LogP contribution in [0.15, 0.2) is 29.2 Å². The predicted molar refractivity (Wildman–Crippen MR) is 53.9 cm³/mol. The summed E-state index contributed by atoms with van der Waals surface area (Å²) >= 11 is 1.66. The summed E-state index contributed by atoms with van der Waals surface area (Å²) in [4.78, 5) is 7.92. The van der Waals surface area contributed by atoms with Crippen LogP contribution in [0.2, 0.25) is 0 Å². The Balaban J connectivity index is 2.22. The molecule has 0 aromatic carbocycles. The minimum Gasteiger partial charge on any atom is -0.241 e. The zero-order valence-electron chi connectivity index (χ0n) is 7.34. The average molecular weight is 201 g/mol. The minimum absolute atomic E-state index is 0.422. The Labute approximate surface area is 85.7 Å². The van der Waals surface area contributed by atoms with E-state index < -0.39 is 0 Å². The Morgan fingerprint density at radius 2 is 2.36 bits per heavy atom. The van der Waals surface area contributed by atoms with E-state index in [1.807, 2.05) is 11.4 Å². The first-order valence-corrected chi connectivity index (χ1v) is 5.05. The summed E-state index contributed by atoms with van der Waals surface area (Å²) in [5, 5.41) is 12.8. The van der Waals surface area contributed by atoms with E-state index in [9.17, 15) is 0 Å². The first kappa shape index (κ1) is 8.85. The number of rotatable bonds is 2. The first-order chi connectivity index (χ1) is 6.88. The zero-order valence-corrected chi connectivity index (χ0v) is 8.16. The van der Waals surface area contributed by atoms with E-state index in [-0.39, 0.29) is 0 Å². The number of hydrogen-bond acceptors (Lipinski definition) is 4. The predicted octanol–water partition coefficient (Wildman–Crippen LogP) is 2.00. The summed E-state index contributed by atoms with van der Waals surface area (Å²) in [7, 11) is 0. The van der Waals surface area contributed by atoms with Gasteiger partial charge in [0.05, 0.1) is 0 Å². The van der Waals surface area contributed by atoms with Gasteiger partial charge in [-0.25, -0.2) is 9.97 Å². The normalized spacial score (nSPS) is 9.64. The maximum absolute atomic E-state index is 8.65. The summed E-state index contributed by atoms with van der Waals surface area (Å²) in [5.74, 6) is 0. The molecule has 0 aliphatic rings. The van der Waals surface area contributed by atoms with Crippen molar-refractivity contribution in [3.63, 3.8) is 0 Å². The monoisotopic (exact) mass is 201 g/mol. The summed E-state index contributed by atoms with van der Waals surface area (Å²) < 4.78 is 0. The number of thiophene rings is 1. The van der Waals surface area contributed by atoms with Crippen molar-refractivity contribution >= 4 is 11.3 Å². The Kier molecular flexibility index (Phi) is 2.52. The van der Waals surface area contributed by atoms with E-state index in [1.165, 1.54) is 11.9 Å². The molecule has 0 amide bonds. The molecule has 0 atom stereocenters. The van der Waals surface area contributed by atoms with Gasteiger partial charge in [0.15, 0.2) is 0 Å². The molecule has 3 nitrogen and oxygen atoms in total. The molecule has 68 valence electrons. The van der Waals surface area contributed by atoms with Gasteiger partial charge in [-0.1, -0.05) is 0 Å². The number of nitrogens with zero attached hydrogens (tertiary/aromatic N) is 3. The number of hydrogen-bond donors (Lipinski definition) is 0. The Bertz CT molecular complexity index is 456. The number of nitriles is 1. The van der Waals surface area contributed by atoms with Crippen LogP contribution in [0.3, 0.4) is 0 Å². The quantitative estimate of drug-likeness (QED) is 0.746. The Morgan fingerprint density at radius 3 is 3.07 bits per heavy atom. The molecular formula is C10H7N3S. The largest absolute Gasteiger partial charge is 0.241 e. The third-order valence-corrected chi connectivity index (χ3v) is 2.54. The van der Waals surface area contributed by atoms with Gasteiger partial charge in [0, 0.05) is 12.1 Å². The molecule has 0 N–H and O–H groups in total. The van der Waals surface area contributed by atoms with E-state index in [0.29, 0.717) is 5.69 Å². The Morgan fingerprint density at radius 1 is 1.43 bits per heavy atom. The molecule has 0 aliphatic heterocycles. The molecule has 0 bridgehead atoms. The summed E-state index contributed by atoms with van der Waals surface area (Å²) in [6.07, 6.45) is 2.20. The van der Waals surface area contributed by atoms with E-state index in [1.54, 1.807) is 17.4 Å². The van der Waals surface area contributed by atoms with Gasteiger partial charge in [-0.2, -0.15) is 16.6 Å². The number of aromatic nitrogens is 2. The van der Waals surface area contributed by atoms with Crippen molar-refractivity contribution in [2.24, 2.45) is 0 Å². The SMILES string of the molecule is N#Cc1cc(Cc2ccsc2)ncn1. The molecule has 2 aromatic heterocycles. The van der Waals surface area contributed by atoms with Crippen molar-refractivity contribution in [3.8, 4) is 6.07 Å². The van der Waals surface area contributed by atoms with Gasteiger partial charge < -0.3 is 0 Å². The van der Waals surface area contributed by atoms with Gasteiger partial charge in [-0.3, -0.25) is 0 Å². The highest BCUT2D eigenvalue weighted by Crippen LogP contribution is 2.10. The van der Waals surface area contributed by atoms with Crippen LogP contribution in [0.1, 0.15) is 17.0 Å². The summed E-state index contributed by atoms with van der Waals surface area (Å²) in [5.41, 5.74) is 2.53. The lowest BCUT2D eigenvalue weighted by Crippen LogP contribution is -1.93.